The van der Waals surface area contributed by atoms with E-state index in [1.807, 2.05) is 6.92 Å². The van der Waals surface area contributed by atoms with Crippen LogP contribution in [0.3, 0.4) is 0 Å². The minimum atomic E-state index is 0.133. The van der Waals surface area contributed by atoms with Gasteiger partial charge in [0.25, 0.3) is 0 Å². The lowest BCUT2D eigenvalue weighted by Crippen LogP contribution is -2.21. The molecule has 84 valence electrons. The molecule has 1 unspecified atom stereocenters. The molecule has 0 aliphatic heterocycles. The van der Waals surface area contributed by atoms with Crippen molar-refractivity contribution in [2.45, 2.75) is 51.7 Å². The number of nitrogens with two attached hydrogens (primary N) is 1. The third-order valence-electron chi connectivity index (χ3n) is 2.56. The van der Waals surface area contributed by atoms with E-state index in [4.69, 9.17) is 5.73 Å². The molecule has 0 radical (unpaired) electrons. The molecule has 1 aliphatic carbocycles. The number of aromatic nitrogens is 3. The van der Waals surface area contributed by atoms with Crippen LogP contribution in [0.2, 0.25) is 0 Å². The number of hydrogen-bond donors (Lipinski definition) is 2. The zero-order valence-corrected chi connectivity index (χ0v) is 9.40. The van der Waals surface area contributed by atoms with E-state index in [9.17, 15) is 0 Å². The summed E-state index contributed by atoms with van der Waals surface area (Å²) in [6.07, 6.45) is 3.28. The van der Waals surface area contributed by atoms with Crippen molar-refractivity contribution in [1.29, 1.82) is 0 Å². The molecule has 1 heterocycles. The van der Waals surface area contributed by atoms with E-state index in [2.05, 4.69) is 27.0 Å². The van der Waals surface area contributed by atoms with Gasteiger partial charge in [-0.05, 0) is 26.7 Å². The highest BCUT2D eigenvalue weighted by molar-refractivity contribution is 5.29. The molecule has 1 fully saturated rings. The van der Waals surface area contributed by atoms with Gasteiger partial charge in [0.1, 0.15) is 5.82 Å². The molecule has 5 heteroatoms. The van der Waals surface area contributed by atoms with E-state index in [1.165, 1.54) is 12.8 Å². The molecule has 1 atom stereocenters. The summed E-state index contributed by atoms with van der Waals surface area (Å²) in [5.41, 5.74) is 5.77. The Balaban J connectivity index is 2.12. The van der Waals surface area contributed by atoms with Crippen LogP contribution in [0.15, 0.2) is 0 Å². The van der Waals surface area contributed by atoms with E-state index in [-0.39, 0.29) is 6.04 Å². The van der Waals surface area contributed by atoms with Gasteiger partial charge in [-0.2, -0.15) is 0 Å². The van der Waals surface area contributed by atoms with E-state index < -0.39 is 0 Å². The second-order valence-corrected chi connectivity index (χ2v) is 4.28. The summed E-state index contributed by atoms with van der Waals surface area (Å²) in [6.45, 7) is 4.99. The van der Waals surface area contributed by atoms with Crippen molar-refractivity contribution in [3.63, 3.8) is 0 Å². The third kappa shape index (κ3) is 2.47. The molecular weight excluding hydrogens is 190 g/mol. The number of hydrogen-bond acceptors (Lipinski definition) is 4. The fourth-order valence-electron chi connectivity index (χ4n) is 1.62. The maximum absolute atomic E-state index is 5.77. The van der Waals surface area contributed by atoms with Gasteiger partial charge in [-0.3, -0.25) is 4.57 Å². The maximum atomic E-state index is 5.77. The lowest BCUT2D eigenvalue weighted by Gasteiger charge is -2.09. The molecule has 0 spiro atoms. The molecule has 1 aliphatic rings. The highest BCUT2D eigenvalue weighted by Crippen LogP contribution is 2.24. The Morgan fingerprint density at radius 3 is 2.80 bits per heavy atom. The van der Waals surface area contributed by atoms with Gasteiger partial charge in [0, 0.05) is 25.0 Å². The molecule has 0 aromatic carbocycles. The molecule has 0 bridgehead atoms. The SMILES string of the molecule is CCn1c(CC(C)N)nnc1NC1CC1. The van der Waals surface area contributed by atoms with Crippen molar-refractivity contribution in [2.75, 3.05) is 5.32 Å². The predicted molar refractivity (Wildman–Crippen MR) is 59.7 cm³/mol. The van der Waals surface area contributed by atoms with Crippen LogP contribution in [-0.2, 0) is 13.0 Å². The average molecular weight is 209 g/mol. The van der Waals surface area contributed by atoms with Crippen molar-refractivity contribution >= 4 is 5.95 Å². The monoisotopic (exact) mass is 209 g/mol. The topological polar surface area (TPSA) is 68.8 Å². The summed E-state index contributed by atoms with van der Waals surface area (Å²) in [6, 6.07) is 0.746. The first-order valence-electron chi connectivity index (χ1n) is 5.65. The van der Waals surface area contributed by atoms with Crippen LogP contribution in [0.25, 0.3) is 0 Å². The average Bonchev–Trinajstić information content (AvgIpc) is 2.89. The maximum Gasteiger partial charge on any atom is 0.224 e. The Bertz CT molecular complexity index is 305. The highest BCUT2D eigenvalue weighted by atomic mass is 15.4. The largest absolute Gasteiger partial charge is 0.352 e. The van der Waals surface area contributed by atoms with Gasteiger partial charge in [-0.25, -0.2) is 0 Å². The fraction of sp³-hybridized carbons (Fsp3) is 0.800. The Kier molecular flexibility index (Phi) is 2.90. The van der Waals surface area contributed by atoms with Gasteiger partial charge >= 0.3 is 0 Å². The summed E-state index contributed by atoms with van der Waals surface area (Å²) in [5.74, 6) is 1.88. The quantitative estimate of drug-likeness (QED) is 0.751. The molecule has 15 heavy (non-hydrogen) atoms. The molecule has 1 aromatic heterocycles. The van der Waals surface area contributed by atoms with Crippen molar-refractivity contribution in [3.05, 3.63) is 5.82 Å². The lowest BCUT2D eigenvalue weighted by atomic mass is 10.2. The van der Waals surface area contributed by atoms with Crippen LogP contribution in [0.1, 0.15) is 32.5 Å². The van der Waals surface area contributed by atoms with E-state index >= 15 is 0 Å². The van der Waals surface area contributed by atoms with Gasteiger partial charge in [-0.15, -0.1) is 10.2 Å². The molecule has 3 N–H and O–H groups in total. The molecule has 0 saturated heterocycles. The van der Waals surface area contributed by atoms with E-state index in [0.29, 0.717) is 6.04 Å². The van der Waals surface area contributed by atoms with Gasteiger partial charge < -0.3 is 11.1 Å². The summed E-state index contributed by atoms with van der Waals surface area (Å²) < 4.78 is 2.11. The summed E-state index contributed by atoms with van der Waals surface area (Å²) in [5, 5.41) is 11.7. The summed E-state index contributed by atoms with van der Waals surface area (Å²) in [4.78, 5) is 0. The van der Waals surface area contributed by atoms with Crippen molar-refractivity contribution in [3.8, 4) is 0 Å². The van der Waals surface area contributed by atoms with Crippen molar-refractivity contribution < 1.29 is 0 Å². The van der Waals surface area contributed by atoms with Gasteiger partial charge in [-0.1, -0.05) is 0 Å². The lowest BCUT2D eigenvalue weighted by molar-refractivity contribution is 0.638. The molecule has 1 saturated carbocycles. The number of nitrogens with zero attached hydrogens (tertiary/aromatic N) is 3. The second kappa shape index (κ2) is 4.18. The van der Waals surface area contributed by atoms with E-state index in [1.54, 1.807) is 0 Å². The van der Waals surface area contributed by atoms with Gasteiger partial charge in [0.05, 0.1) is 0 Å². The first-order valence-corrected chi connectivity index (χ1v) is 5.65. The third-order valence-corrected chi connectivity index (χ3v) is 2.56. The van der Waals surface area contributed by atoms with Gasteiger partial charge in [0.2, 0.25) is 5.95 Å². The number of anilines is 1. The Morgan fingerprint density at radius 2 is 2.27 bits per heavy atom. The second-order valence-electron chi connectivity index (χ2n) is 4.28. The minimum Gasteiger partial charge on any atom is -0.352 e. The predicted octanol–water partition coefficient (Wildman–Crippen LogP) is 0.762. The van der Waals surface area contributed by atoms with Crippen molar-refractivity contribution in [1.82, 2.24) is 14.8 Å². The van der Waals surface area contributed by atoms with Crippen LogP contribution in [0, 0.1) is 0 Å². The number of nitrogens with one attached hydrogen (secondary N) is 1. The Morgan fingerprint density at radius 1 is 1.53 bits per heavy atom. The van der Waals surface area contributed by atoms with Crippen molar-refractivity contribution in [2.24, 2.45) is 5.73 Å². The van der Waals surface area contributed by atoms with Gasteiger partial charge in [0.15, 0.2) is 0 Å². The Hall–Kier alpha value is -1.10. The fourth-order valence-corrected chi connectivity index (χ4v) is 1.62. The van der Waals surface area contributed by atoms with E-state index in [0.717, 1.165) is 24.7 Å². The Labute approximate surface area is 90.1 Å². The first-order chi connectivity index (χ1) is 7.20. The van der Waals surface area contributed by atoms with Crippen LogP contribution in [-0.4, -0.2) is 26.8 Å². The molecule has 2 rings (SSSR count). The molecule has 5 nitrogen and oxygen atoms in total. The van der Waals surface area contributed by atoms with Crippen LogP contribution < -0.4 is 11.1 Å². The molecular formula is C10H19N5. The first kappa shape index (κ1) is 10.4. The van der Waals surface area contributed by atoms with Crippen LogP contribution in [0.4, 0.5) is 5.95 Å². The normalized spacial score (nSPS) is 17.8. The smallest absolute Gasteiger partial charge is 0.224 e. The molecule has 1 aromatic rings. The summed E-state index contributed by atoms with van der Waals surface area (Å²) >= 11 is 0. The minimum absolute atomic E-state index is 0.133. The summed E-state index contributed by atoms with van der Waals surface area (Å²) in [7, 11) is 0. The van der Waals surface area contributed by atoms with Crippen LogP contribution >= 0.6 is 0 Å². The molecule has 0 amide bonds. The zero-order chi connectivity index (χ0) is 10.8. The zero-order valence-electron chi connectivity index (χ0n) is 9.40. The highest BCUT2D eigenvalue weighted by Gasteiger charge is 2.23. The number of rotatable bonds is 5. The standard InChI is InChI=1S/C10H19N5/c1-3-15-9(6-7(2)11)13-14-10(15)12-8-4-5-8/h7-8H,3-6,11H2,1-2H3,(H,12,14). The van der Waals surface area contributed by atoms with Crippen LogP contribution in [0.5, 0.6) is 0 Å².